The maximum absolute atomic E-state index is 12.1. The second-order valence-corrected chi connectivity index (χ2v) is 5.15. The van der Waals surface area contributed by atoms with Crippen molar-refractivity contribution in [2.75, 3.05) is 0 Å². The molecule has 0 saturated heterocycles. The van der Waals surface area contributed by atoms with E-state index < -0.39 is 11.1 Å². The van der Waals surface area contributed by atoms with E-state index in [4.69, 9.17) is 5.73 Å². The van der Waals surface area contributed by atoms with Crippen molar-refractivity contribution in [3.8, 4) is 17.0 Å². The van der Waals surface area contributed by atoms with Crippen LogP contribution in [0.2, 0.25) is 0 Å². The predicted octanol–water partition coefficient (Wildman–Crippen LogP) is 1.64. The van der Waals surface area contributed by atoms with E-state index in [1.54, 1.807) is 19.9 Å². The molecule has 4 N–H and O–H groups in total. The van der Waals surface area contributed by atoms with E-state index in [9.17, 15) is 9.90 Å². The van der Waals surface area contributed by atoms with Gasteiger partial charge in [0.15, 0.2) is 0 Å². The largest absolute Gasteiger partial charge is 0.493 e. The molecule has 5 heteroatoms. The van der Waals surface area contributed by atoms with Crippen LogP contribution in [0, 0.1) is 6.92 Å². The molecule has 0 spiro atoms. The van der Waals surface area contributed by atoms with Gasteiger partial charge in [-0.1, -0.05) is 24.3 Å². The van der Waals surface area contributed by atoms with Crippen LogP contribution < -0.4 is 11.3 Å². The number of aromatic amines is 1. The first-order chi connectivity index (χ1) is 8.80. The highest BCUT2D eigenvalue weighted by atomic mass is 16.3. The molecule has 0 radical (unpaired) electrons. The molecule has 0 bridgehead atoms. The first kappa shape index (κ1) is 13.3. The quantitative estimate of drug-likeness (QED) is 0.764. The van der Waals surface area contributed by atoms with Crippen molar-refractivity contribution in [2.45, 2.75) is 26.3 Å². The van der Waals surface area contributed by atoms with E-state index in [0.717, 1.165) is 5.56 Å². The van der Waals surface area contributed by atoms with Crippen LogP contribution in [0.4, 0.5) is 0 Å². The Labute approximate surface area is 111 Å². The van der Waals surface area contributed by atoms with Crippen molar-refractivity contribution in [3.05, 3.63) is 46.0 Å². The Hall–Kier alpha value is -2.14. The van der Waals surface area contributed by atoms with Gasteiger partial charge in [0, 0.05) is 0 Å². The summed E-state index contributed by atoms with van der Waals surface area (Å²) in [5, 5.41) is 10.0. The van der Waals surface area contributed by atoms with E-state index in [0.29, 0.717) is 5.56 Å². The average molecular weight is 259 g/mol. The number of H-pyrrole nitrogens is 1. The van der Waals surface area contributed by atoms with Crippen LogP contribution in [0.5, 0.6) is 5.88 Å². The average Bonchev–Trinajstić information content (AvgIpc) is 2.29. The maximum Gasteiger partial charge on any atom is 0.262 e. The number of nitrogens with one attached hydrogen (secondary N) is 1. The summed E-state index contributed by atoms with van der Waals surface area (Å²) in [5.41, 5.74) is 6.39. The summed E-state index contributed by atoms with van der Waals surface area (Å²) in [6.07, 6.45) is 0. The molecule has 0 aliphatic rings. The number of rotatable bonds is 2. The second kappa shape index (κ2) is 4.51. The zero-order valence-electron chi connectivity index (χ0n) is 11.2. The Balaban J connectivity index is 2.68. The van der Waals surface area contributed by atoms with Gasteiger partial charge in [-0.3, -0.25) is 4.79 Å². The first-order valence-electron chi connectivity index (χ1n) is 5.99. The molecule has 19 heavy (non-hydrogen) atoms. The molecule has 0 atom stereocenters. The number of aromatic nitrogens is 2. The minimum Gasteiger partial charge on any atom is -0.493 e. The fraction of sp³-hybridized carbons (Fsp3) is 0.286. The zero-order chi connectivity index (χ0) is 14.2. The Morgan fingerprint density at radius 2 is 1.95 bits per heavy atom. The van der Waals surface area contributed by atoms with Crippen molar-refractivity contribution in [1.82, 2.24) is 9.97 Å². The van der Waals surface area contributed by atoms with Crippen molar-refractivity contribution >= 4 is 0 Å². The maximum atomic E-state index is 12.1. The number of benzene rings is 1. The van der Waals surface area contributed by atoms with Gasteiger partial charge in [-0.05, 0) is 31.9 Å². The number of nitrogens with two attached hydrogens (primary N) is 1. The number of aromatic hydroxyl groups is 1. The molecule has 0 fully saturated rings. The fourth-order valence-electron chi connectivity index (χ4n) is 1.86. The van der Waals surface area contributed by atoms with Gasteiger partial charge in [-0.25, -0.2) is 0 Å². The first-order valence-corrected chi connectivity index (χ1v) is 5.99. The number of aryl methyl sites for hydroxylation is 1. The summed E-state index contributed by atoms with van der Waals surface area (Å²) in [7, 11) is 0. The molecule has 0 unspecified atom stereocenters. The van der Waals surface area contributed by atoms with Gasteiger partial charge < -0.3 is 15.8 Å². The van der Waals surface area contributed by atoms with Crippen molar-refractivity contribution in [2.24, 2.45) is 5.73 Å². The molecule has 1 aromatic carbocycles. The Kier molecular flexibility index (Phi) is 3.16. The predicted molar refractivity (Wildman–Crippen MR) is 73.9 cm³/mol. The van der Waals surface area contributed by atoms with Crippen LogP contribution in [0.25, 0.3) is 11.1 Å². The van der Waals surface area contributed by atoms with Crippen LogP contribution in [-0.2, 0) is 5.54 Å². The third-order valence-electron chi connectivity index (χ3n) is 2.93. The van der Waals surface area contributed by atoms with Crippen LogP contribution in [0.1, 0.15) is 25.2 Å². The lowest BCUT2D eigenvalue weighted by atomic mass is 10.0. The number of nitrogens with zero attached hydrogens (tertiary/aromatic N) is 1. The van der Waals surface area contributed by atoms with Crippen molar-refractivity contribution in [3.63, 3.8) is 0 Å². The molecule has 0 saturated carbocycles. The van der Waals surface area contributed by atoms with Gasteiger partial charge in [0.2, 0.25) is 5.88 Å². The van der Waals surface area contributed by atoms with E-state index in [2.05, 4.69) is 9.97 Å². The van der Waals surface area contributed by atoms with Crippen LogP contribution in [-0.4, -0.2) is 15.1 Å². The number of hydrogen-bond acceptors (Lipinski definition) is 4. The zero-order valence-corrected chi connectivity index (χ0v) is 11.2. The second-order valence-electron chi connectivity index (χ2n) is 5.15. The summed E-state index contributed by atoms with van der Waals surface area (Å²) in [6.45, 7) is 5.28. The third-order valence-corrected chi connectivity index (χ3v) is 2.93. The topological polar surface area (TPSA) is 92.0 Å². The molecular formula is C14H17N3O2. The Bertz CT molecular complexity index is 669. The summed E-state index contributed by atoms with van der Waals surface area (Å²) in [6, 6.07) is 7.32. The lowest BCUT2D eigenvalue weighted by Gasteiger charge is -2.18. The van der Waals surface area contributed by atoms with Gasteiger partial charge >= 0.3 is 0 Å². The van der Waals surface area contributed by atoms with Crippen molar-refractivity contribution < 1.29 is 5.11 Å². The molecular weight excluding hydrogens is 242 g/mol. The molecule has 0 aliphatic heterocycles. The lowest BCUT2D eigenvalue weighted by molar-refractivity contribution is 0.432. The minimum atomic E-state index is -0.819. The van der Waals surface area contributed by atoms with Crippen LogP contribution >= 0.6 is 0 Å². The Morgan fingerprint density at radius 3 is 2.47 bits per heavy atom. The summed E-state index contributed by atoms with van der Waals surface area (Å²) in [5.74, 6) is -0.0427. The lowest BCUT2D eigenvalue weighted by Crippen LogP contribution is -2.33. The highest BCUT2D eigenvalue weighted by molar-refractivity contribution is 5.70. The Morgan fingerprint density at radius 1 is 1.32 bits per heavy atom. The van der Waals surface area contributed by atoms with E-state index in [1.807, 2.05) is 25.1 Å². The molecule has 2 aromatic rings. The molecule has 0 aliphatic carbocycles. The van der Waals surface area contributed by atoms with Gasteiger partial charge in [0.05, 0.1) is 5.54 Å². The minimum absolute atomic E-state index is 0.172. The molecule has 100 valence electrons. The van der Waals surface area contributed by atoms with E-state index in [-0.39, 0.29) is 17.3 Å². The molecule has 5 nitrogen and oxygen atoms in total. The van der Waals surface area contributed by atoms with E-state index >= 15 is 0 Å². The van der Waals surface area contributed by atoms with Crippen LogP contribution in [0.15, 0.2) is 29.1 Å². The van der Waals surface area contributed by atoms with Gasteiger partial charge in [-0.2, -0.15) is 4.98 Å². The smallest absolute Gasteiger partial charge is 0.262 e. The third kappa shape index (κ3) is 2.51. The number of hydrogen-bond donors (Lipinski definition) is 3. The summed E-state index contributed by atoms with van der Waals surface area (Å²) < 4.78 is 0. The highest BCUT2D eigenvalue weighted by Crippen LogP contribution is 2.27. The van der Waals surface area contributed by atoms with Gasteiger partial charge in [0.25, 0.3) is 5.56 Å². The molecule has 0 amide bonds. The molecule has 1 aromatic heterocycles. The fourth-order valence-corrected chi connectivity index (χ4v) is 1.86. The molecule has 1 heterocycles. The van der Waals surface area contributed by atoms with E-state index in [1.165, 1.54) is 0 Å². The standard InChI is InChI=1S/C14H17N3O2/c1-8-6-4-5-7-9(8)10-11(18)16-13(14(2,3)15)17-12(10)19/h4-7H,15H2,1-3H3,(H2,16,17,18,19). The highest BCUT2D eigenvalue weighted by Gasteiger charge is 2.21. The summed E-state index contributed by atoms with van der Waals surface area (Å²) >= 11 is 0. The SMILES string of the molecule is Cc1ccccc1-c1c(O)nc(C(C)(C)N)[nH]c1=O. The normalized spacial score (nSPS) is 11.6. The summed E-state index contributed by atoms with van der Waals surface area (Å²) in [4.78, 5) is 18.8. The molecule has 2 rings (SSSR count). The van der Waals surface area contributed by atoms with Gasteiger partial charge in [0.1, 0.15) is 11.4 Å². The van der Waals surface area contributed by atoms with Crippen molar-refractivity contribution in [1.29, 1.82) is 0 Å². The monoisotopic (exact) mass is 259 g/mol. The van der Waals surface area contributed by atoms with Crippen LogP contribution in [0.3, 0.4) is 0 Å². The van der Waals surface area contributed by atoms with Gasteiger partial charge in [-0.15, -0.1) is 0 Å².